The minimum Gasteiger partial charge on any atom is -0.412 e. The number of benzene rings is 2. The van der Waals surface area contributed by atoms with Crippen LogP contribution in [-0.2, 0) is 16.6 Å². The summed E-state index contributed by atoms with van der Waals surface area (Å²) in [6.07, 6.45) is 0. The Labute approximate surface area is 171 Å². The van der Waals surface area contributed by atoms with E-state index in [1.54, 1.807) is 0 Å². The molecule has 0 radical (unpaired) electrons. The monoisotopic (exact) mass is 438 g/mol. The Morgan fingerprint density at radius 2 is 1.86 bits per heavy atom. The standard InChI is InChI=1S/C18H16ClFN4O4S/c1-24(2)29(26,27)13-6-4-12(5-7-13)17-22-23-18(28-17)16(25)21-10-11-3-8-15(20)14(19)9-11/h3-9H,10H2,1-2H3,(H,21,25). The summed E-state index contributed by atoms with van der Waals surface area (Å²) < 4.78 is 43.8. The van der Waals surface area contributed by atoms with Crippen molar-refractivity contribution in [1.82, 2.24) is 19.8 Å². The van der Waals surface area contributed by atoms with Gasteiger partial charge in [0.2, 0.25) is 15.9 Å². The second-order valence-corrected chi connectivity index (χ2v) is 8.71. The SMILES string of the molecule is CN(C)S(=O)(=O)c1ccc(-c2nnc(C(=O)NCc3ccc(F)c(Cl)c3)o2)cc1. The van der Waals surface area contributed by atoms with Gasteiger partial charge in [-0.3, -0.25) is 4.79 Å². The van der Waals surface area contributed by atoms with Crippen molar-refractivity contribution >= 4 is 27.5 Å². The molecule has 152 valence electrons. The van der Waals surface area contributed by atoms with Crippen molar-refractivity contribution < 1.29 is 22.0 Å². The molecule has 0 spiro atoms. The number of sulfonamides is 1. The number of hydrogen-bond donors (Lipinski definition) is 1. The van der Waals surface area contributed by atoms with Gasteiger partial charge in [-0.1, -0.05) is 17.7 Å². The van der Waals surface area contributed by atoms with Gasteiger partial charge in [-0.05, 0) is 42.0 Å². The first kappa shape index (κ1) is 20.9. The van der Waals surface area contributed by atoms with Crippen LogP contribution in [-0.4, -0.2) is 42.9 Å². The summed E-state index contributed by atoms with van der Waals surface area (Å²) in [5, 5.41) is 10.0. The fourth-order valence-electron chi connectivity index (χ4n) is 2.32. The molecule has 1 amide bonds. The molecule has 11 heteroatoms. The highest BCUT2D eigenvalue weighted by atomic mass is 35.5. The van der Waals surface area contributed by atoms with Crippen molar-refractivity contribution in [2.24, 2.45) is 0 Å². The van der Waals surface area contributed by atoms with Crippen LogP contribution in [0.4, 0.5) is 4.39 Å². The van der Waals surface area contributed by atoms with Crippen LogP contribution in [0, 0.1) is 5.82 Å². The molecule has 0 aliphatic heterocycles. The number of nitrogens with one attached hydrogen (secondary N) is 1. The normalized spacial score (nSPS) is 11.6. The first-order valence-corrected chi connectivity index (χ1v) is 10.1. The third-order valence-corrected chi connectivity index (χ3v) is 6.06. The molecule has 8 nitrogen and oxygen atoms in total. The van der Waals surface area contributed by atoms with Crippen LogP contribution in [0.3, 0.4) is 0 Å². The Morgan fingerprint density at radius 1 is 1.17 bits per heavy atom. The lowest BCUT2D eigenvalue weighted by atomic mass is 10.2. The Balaban J connectivity index is 1.70. The average Bonchev–Trinajstić information content (AvgIpc) is 3.19. The summed E-state index contributed by atoms with van der Waals surface area (Å²) in [6.45, 7) is 0.0909. The third kappa shape index (κ3) is 4.61. The molecule has 0 saturated carbocycles. The molecule has 1 N–H and O–H groups in total. The summed E-state index contributed by atoms with van der Waals surface area (Å²) in [6, 6.07) is 9.93. The molecular formula is C18H16ClFN4O4S. The molecule has 0 saturated heterocycles. The lowest BCUT2D eigenvalue weighted by molar-refractivity contribution is 0.0917. The third-order valence-electron chi connectivity index (χ3n) is 3.94. The maximum Gasteiger partial charge on any atom is 0.309 e. The lowest BCUT2D eigenvalue weighted by Gasteiger charge is -2.11. The van der Waals surface area contributed by atoms with E-state index in [1.165, 1.54) is 56.6 Å². The Hall–Kier alpha value is -2.82. The predicted octanol–water partition coefficient (Wildman–Crippen LogP) is 2.71. The molecule has 1 aromatic heterocycles. The van der Waals surface area contributed by atoms with Gasteiger partial charge in [0.25, 0.3) is 0 Å². The van der Waals surface area contributed by atoms with Crippen LogP contribution in [0.25, 0.3) is 11.5 Å². The number of halogens is 2. The molecule has 0 aliphatic carbocycles. The van der Waals surface area contributed by atoms with Crippen molar-refractivity contribution in [3.63, 3.8) is 0 Å². The van der Waals surface area contributed by atoms with Crippen LogP contribution < -0.4 is 5.32 Å². The van der Waals surface area contributed by atoms with Crippen LogP contribution in [0.15, 0.2) is 51.8 Å². The largest absolute Gasteiger partial charge is 0.412 e. The number of aromatic nitrogens is 2. The summed E-state index contributed by atoms with van der Waals surface area (Å²) in [7, 11) is -0.681. The predicted molar refractivity (Wildman–Crippen MR) is 103 cm³/mol. The Morgan fingerprint density at radius 3 is 2.48 bits per heavy atom. The van der Waals surface area contributed by atoms with Gasteiger partial charge in [-0.25, -0.2) is 17.1 Å². The molecule has 1 heterocycles. The summed E-state index contributed by atoms with van der Waals surface area (Å²) >= 11 is 5.70. The van der Waals surface area contributed by atoms with Crippen molar-refractivity contribution in [2.75, 3.05) is 14.1 Å². The summed E-state index contributed by atoms with van der Waals surface area (Å²) in [5.74, 6) is -1.37. The molecule has 0 bridgehead atoms. The zero-order valence-corrected chi connectivity index (χ0v) is 17.0. The van der Waals surface area contributed by atoms with E-state index in [1.807, 2.05) is 0 Å². The van der Waals surface area contributed by atoms with Gasteiger partial charge < -0.3 is 9.73 Å². The first-order chi connectivity index (χ1) is 13.7. The fourth-order valence-corrected chi connectivity index (χ4v) is 3.42. The van der Waals surface area contributed by atoms with Gasteiger partial charge in [0.05, 0.1) is 9.92 Å². The second-order valence-electron chi connectivity index (χ2n) is 6.16. The maximum atomic E-state index is 13.2. The Bertz CT molecular complexity index is 1150. The van der Waals surface area contributed by atoms with E-state index in [4.69, 9.17) is 16.0 Å². The quantitative estimate of drug-likeness (QED) is 0.634. The van der Waals surface area contributed by atoms with Gasteiger partial charge in [-0.2, -0.15) is 0 Å². The number of amides is 1. The second kappa shape index (κ2) is 8.27. The smallest absolute Gasteiger partial charge is 0.309 e. The van der Waals surface area contributed by atoms with Crippen molar-refractivity contribution in [2.45, 2.75) is 11.4 Å². The van der Waals surface area contributed by atoms with Gasteiger partial charge in [-0.15, -0.1) is 10.2 Å². The van der Waals surface area contributed by atoms with Gasteiger partial charge in [0, 0.05) is 26.2 Å². The molecule has 29 heavy (non-hydrogen) atoms. The molecule has 0 unspecified atom stereocenters. The average molecular weight is 439 g/mol. The highest BCUT2D eigenvalue weighted by molar-refractivity contribution is 7.89. The molecular weight excluding hydrogens is 423 g/mol. The van der Waals surface area contributed by atoms with Crippen LogP contribution in [0.2, 0.25) is 5.02 Å². The molecule has 3 aromatic rings. The van der Waals surface area contributed by atoms with Crippen molar-refractivity contribution in [1.29, 1.82) is 0 Å². The van der Waals surface area contributed by atoms with E-state index in [2.05, 4.69) is 15.5 Å². The summed E-state index contributed by atoms with van der Waals surface area (Å²) in [4.78, 5) is 12.3. The lowest BCUT2D eigenvalue weighted by Crippen LogP contribution is -2.23. The van der Waals surface area contributed by atoms with Gasteiger partial charge in [0.1, 0.15) is 5.82 Å². The molecule has 2 aromatic carbocycles. The van der Waals surface area contributed by atoms with E-state index in [-0.39, 0.29) is 28.2 Å². The maximum absolute atomic E-state index is 13.2. The van der Waals surface area contributed by atoms with E-state index in [9.17, 15) is 17.6 Å². The van der Waals surface area contributed by atoms with Gasteiger partial charge >= 0.3 is 11.8 Å². The number of nitrogens with zero attached hydrogens (tertiary/aromatic N) is 3. The first-order valence-electron chi connectivity index (χ1n) is 8.27. The highest BCUT2D eigenvalue weighted by Crippen LogP contribution is 2.21. The van der Waals surface area contributed by atoms with E-state index < -0.39 is 21.7 Å². The fraction of sp³-hybridized carbons (Fsp3) is 0.167. The Kier molecular flexibility index (Phi) is 5.96. The van der Waals surface area contributed by atoms with E-state index >= 15 is 0 Å². The number of carbonyl (C=O) groups is 1. The molecule has 0 aliphatic rings. The molecule has 0 fully saturated rings. The van der Waals surface area contributed by atoms with E-state index in [0.717, 1.165) is 4.31 Å². The molecule has 3 rings (SSSR count). The zero-order chi connectivity index (χ0) is 21.2. The zero-order valence-electron chi connectivity index (χ0n) is 15.4. The summed E-state index contributed by atoms with van der Waals surface area (Å²) in [5.41, 5.74) is 1.06. The number of carbonyl (C=O) groups excluding carboxylic acids is 1. The minimum absolute atomic E-state index is 0.0449. The van der Waals surface area contributed by atoms with Crippen molar-refractivity contribution in [3.8, 4) is 11.5 Å². The van der Waals surface area contributed by atoms with Crippen LogP contribution in [0.1, 0.15) is 16.2 Å². The minimum atomic E-state index is -3.55. The topological polar surface area (TPSA) is 105 Å². The van der Waals surface area contributed by atoms with Crippen LogP contribution >= 0.6 is 11.6 Å². The number of hydrogen-bond acceptors (Lipinski definition) is 6. The highest BCUT2D eigenvalue weighted by Gasteiger charge is 2.19. The van der Waals surface area contributed by atoms with E-state index in [0.29, 0.717) is 11.1 Å². The van der Waals surface area contributed by atoms with Crippen LogP contribution in [0.5, 0.6) is 0 Å². The molecule has 0 atom stereocenters. The van der Waals surface area contributed by atoms with Crippen molar-refractivity contribution in [3.05, 3.63) is 64.8 Å². The van der Waals surface area contributed by atoms with Gasteiger partial charge in [0.15, 0.2) is 0 Å². The number of rotatable bonds is 6.